The van der Waals surface area contributed by atoms with Crippen LogP contribution < -0.4 is 10.2 Å². The molecule has 0 spiro atoms. The fourth-order valence-electron chi connectivity index (χ4n) is 2.53. The number of hydrogen-bond acceptors (Lipinski definition) is 5. The van der Waals surface area contributed by atoms with Crippen LogP contribution >= 0.6 is 11.6 Å². The Balaban J connectivity index is 1.93. The number of aromatic nitrogens is 2. The number of halogens is 1. The van der Waals surface area contributed by atoms with Crippen LogP contribution in [0.2, 0.25) is 5.15 Å². The molecular weight excluding hydrogens is 368 g/mol. The summed E-state index contributed by atoms with van der Waals surface area (Å²) in [6, 6.07) is 15.6. The normalized spacial score (nSPS) is 11.3. The summed E-state index contributed by atoms with van der Waals surface area (Å²) >= 11 is 6.15. The van der Waals surface area contributed by atoms with Crippen molar-refractivity contribution in [3.63, 3.8) is 0 Å². The highest BCUT2D eigenvalue weighted by atomic mass is 35.5. The van der Waals surface area contributed by atoms with Crippen molar-refractivity contribution in [2.24, 2.45) is 0 Å². The van der Waals surface area contributed by atoms with Crippen molar-refractivity contribution in [1.82, 2.24) is 20.4 Å². The van der Waals surface area contributed by atoms with Crippen molar-refractivity contribution in [2.75, 3.05) is 0 Å². The minimum atomic E-state index is -0.750. The molecule has 0 aliphatic carbocycles. The first-order valence-electron chi connectivity index (χ1n) is 7.95. The third kappa shape index (κ3) is 4.39. The Labute approximate surface area is 160 Å². The van der Waals surface area contributed by atoms with Crippen LogP contribution in [0, 0.1) is 0 Å². The van der Waals surface area contributed by atoms with Gasteiger partial charge in [-0.05, 0) is 29.8 Å². The second kappa shape index (κ2) is 8.77. The fourth-order valence-corrected chi connectivity index (χ4v) is 2.74. The number of nitrogens with zero attached hydrogens (tertiary/aromatic N) is 3. The monoisotopic (exact) mass is 382 g/mol. The molecule has 0 bridgehead atoms. The van der Waals surface area contributed by atoms with E-state index in [4.69, 9.17) is 16.3 Å². The molecule has 1 unspecified atom stereocenters. The highest BCUT2D eigenvalue weighted by Gasteiger charge is 2.25. The molecule has 1 heterocycles. The zero-order chi connectivity index (χ0) is 19.1. The molecule has 0 radical (unpaired) electrons. The van der Waals surface area contributed by atoms with E-state index in [1.165, 1.54) is 12.4 Å². The SMILES string of the molecule is O=CNN(C=O)C(c1ccc(Oc2ccccc2)cc1)c1nccnc1Cl. The number of ether oxygens (including phenoxy) is 1. The molecule has 0 fully saturated rings. The van der Waals surface area contributed by atoms with Gasteiger partial charge in [0.1, 0.15) is 23.2 Å². The van der Waals surface area contributed by atoms with Crippen LogP contribution in [-0.4, -0.2) is 27.8 Å². The lowest BCUT2D eigenvalue weighted by molar-refractivity contribution is -0.128. The second-order valence-electron chi connectivity index (χ2n) is 5.38. The summed E-state index contributed by atoms with van der Waals surface area (Å²) < 4.78 is 5.77. The van der Waals surface area contributed by atoms with E-state index < -0.39 is 6.04 Å². The number of carbonyl (C=O) groups is 2. The predicted molar refractivity (Wildman–Crippen MR) is 98.9 cm³/mol. The first-order chi connectivity index (χ1) is 13.2. The number of nitrogens with one attached hydrogen (secondary N) is 1. The third-order valence-corrected chi connectivity index (χ3v) is 4.00. The van der Waals surface area contributed by atoms with E-state index in [2.05, 4.69) is 15.4 Å². The molecule has 27 heavy (non-hydrogen) atoms. The smallest absolute Gasteiger partial charge is 0.229 e. The van der Waals surface area contributed by atoms with Crippen LogP contribution in [0.1, 0.15) is 17.3 Å². The van der Waals surface area contributed by atoms with Gasteiger partial charge in [0.05, 0.1) is 0 Å². The molecule has 0 aliphatic rings. The van der Waals surface area contributed by atoms with Crippen LogP contribution in [0.25, 0.3) is 0 Å². The number of para-hydroxylation sites is 1. The van der Waals surface area contributed by atoms with Crippen LogP contribution in [0.4, 0.5) is 0 Å². The van der Waals surface area contributed by atoms with Crippen molar-refractivity contribution in [3.05, 3.63) is 83.4 Å². The lowest BCUT2D eigenvalue weighted by Gasteiger charge is -2.27. The molecule has 2 aromatic carbocycles. The molecule has 1 aromatic heterocycles. The van der Waals surface area contributed by atoms with Crippen LogP contribution in [-0.2, 0) is 9.59 Å². The Morgan fingerprint density at radius 3 is 2.26 bits per heavy atom. The van der Waals surface area contributed by atoms with Crippen LogP contribution in [0.3, 0.4) is 0 Å². The highest BCUT2D eigenvalue weighted by molar-refractivity contribution is 6.30. The molecule has 0 aliphatic heterocycles. The number of benzene rings is 2. The van der Waals surface area contributed by atoms with Crippen molar-refractivity contribution < 1.29 is 14.3 Å². The first-order valence-corrected chi connectivity index (χ1v) is 8.33. The molecule has 0 saturated heterocycles. The highest BCUT2D eigenvalue weighted by Crippen LogP contribution is 2.31. The standard InChI is InChI=1S/C19H15ClN4O3/c20-19-17(21-10-11-22-19)18(24(13-26)23-12-25)14-6-8-16(9-7-14)27-15-4-2-1-3-5-15/h1-13,18H,(H,23,25). The van der Waals surface area contributed by atoms with Gasteiger partial charge in [0, 0.05) is 12.4 Å². The molecule has 3 rings (SSSR count). The van der Waals surface area contributed by atoms with Crippen molar-refractivity contribution in [3.8, 4) is 11.5 Å². The van der Waals surface area contributed by atoms with E-state index in [1.54, 1.807) is 24.3 Å². The van der Waals surface area contributed by atoms with Crippen molar-refractivity contribution >= 4 is 24.4 Å². The molecule has 1 N–H and O–H groups in total. The van der Waals surface area contributed by atoms with E-state index in [0.717, 1.165) is 5.01 Å². The van der Waals surface area contributed by atoms with Gasteiger partial charge in [-0.25, -0.2) is 9.99 Å². The van der Waals surface area contributed by atoms with E-state index in [-0.39, 0.29) is 5.15 Å². The molecule has 7 nitrogen and oxygen atoms in total. The summed E-state index contributed by atoms with van der Waals surface area (Å²) in [5.74, 6) is 1.32. The van der Waals surface area contributed by atoms with Crippen molar-refractivity contribution in [1.29, 1.82) is 0 Å². The summed E-state index contributed by atoms with van der Waals surface area (Å²) in [4.78, 5) is 30.6. The van der Waals surface area contributed by atoms with Gasteiger partial charge in [0.25, 0.3) is 0 Å². The quantitative estimate of drug-likeness (QED) is 0.478. The molecule has 0 saturated carbocycles. The van der Waals surface area contributed by atoms with Crippen LogP contribution in [0.5, 0.6) is 11.5 Å². The largest absolute Gasteiger partial charge is 0.457 e. The van der Waals surface area contributed by atoms with Gasteiger partial charge >= 0.3 is 0 Å². The zero-order valence-corrected chi connectivity index (χ0v) is 14.8. The number of hydrogen-bond donors (Lipinski definition) is 1. The molecule has 136 valence electrons. The van der Waals surface area contributed by atoms with Gasteiger partial charge in [-0.3, -0.25) is 20.0 Å². The van der Waals surface area contributed by atoms with E-state index >= 15 is 0 Å². The lowest BCUT2D eigenvalue weighted by Crippen LogP contribution is -2.40. The zero-order valence-electron chi connectivity index (χ0n) is 14.0. The van der Waals surface area contributed by atoms with Gasteiger partial charge in [-0.1, -0.05) is 41.9 Å². The number of amides is 2. The minimum absolute atomic E-state index is 0.131. The molecule has 3 aromatic rings. The van der Waals surface area contributed by atoms with Gasteiger partial charge in [-0.2, -0.15) is 0 Å². The summed E-state index contributed by atoms with van der Waals surface area (Å²) in [5.41, 5.74) is 3.33. The average molecular weight is 383 g/mol. The maximum Gasteiger partial charge on any atom is 0.229 e. The maximum absolute atomic E-state index is 11.5. The number of hydrazine groups is 1. The Morgan fingerprint density at radius 1 is 0.963 bits per heavy atom. The Kier molecular flexibility index (Phi) is 5.96. The Bertz CT molecular complexity index is 906. The molecule has 1 atom stereocenters. The Hall–Kier alpha value is -3.45. The summed E-state index contributed by atoms with van der Waals surface area (Å²) in [6.07, 6.45) is 3.79. The first kappa shape index (κ1) is 18.3. The van der Waals surface area contributed by atoms with Gasteiger partial charge in [0.15, 0.2) is 5.15 Å². The third-order valence-electron chi connectivity index (χ3n) is 3.71. The van der Waals surface area contributed by atoms with E-state index in [1.807, 2.05) is 30.3 Å². The van der Waals surface area contributed by atoms with Gasteiger partial charge < -0.3 is 4.74 Å². The van der Waals surface area contributed by atoms with E-state index in [9.17, 15) is 9.59 Å². The van der Waals surface area contributed by atoms with E-state index in [0.29, 0.717) is 35.6 Å². The second-order valence-corrected chi connectivity index (χ2v) is 5.74. The van der Waals surface area contributed by atoms with Crippen molar-refractivity contribution in [2.45, 2.75) is 6.04 Å². The minimum Gasteiger partial charge on any atom is -0.457 e. The lowest BCUT2D eigenvalue weighted by atomic mass is 10.0. The van der Waals surface area contributed by atoms with Gasteiger partial charge in [-0.15, -0.1) is 0 Å². The molecular formula is C19H15ClN4O3. The topological polar surface area (TPSA) is 84.4 Å². The maximum atomic E-state index is 11.5. The number of carbonyl (C=O) groups excluding carboxylic acids is 2. The predicted octanol–water partition coefficient (Wildman–Crippen LogP) is 3.13. The molecule has 8 heteroatoms. The Morgan fingerprint density at radius 2 is 1.63 bits per heavy atom. The number of rotatable bonds is 8. The van der Waals surface area contributed by atoms with Gasteiger partial charge in [0.2, 0.25) is 12.8 Å². The fraction of sp³-hybridized carbons (Fsp3) is 0.0526. The molecule has 2 amide bonds. The summed E-state index contributed by atoms with van der Waals surface area (Å²) in [7, 11) is 0. The summed E-state index contributed by atoms with van der Waals surface area (Å²) in [5, 5.41) is 1.20. The van der Waals surface area contributed by atoms with Crippen LogP contribution in [0.15, 0.2) is 67.0 Å². The summed E-state index contributed by atoms with van der Waals surface area (Å²) in [6.45, 7) is 0. The average Bonchev–Trinajstić information content (AvgIpc) is 2.71.